The lowest BCUT2D eigenvalue weighted by Crippen LogP contribution is -2.55. The third kappa shape index (κ3) is 9.56. The van der Waals surface area contributed by atoms with Gasteiger partial charge in [0, 0.05) is 34.2 Å². The van der Waals surface area contributed by atoms with Gasteiger partial charge in [0.15, 0.2) is 5.76 Å². The number of allylic oxidation sites excluding steroid dienone is 2. The van der Waals surface area contributed by atoms with Crippen LogP contribution in [-0.2, 0) is 19.1 Å². The van der Waals surface area contributed by atoms with Crippen LogP contribution in [0, 0.1) is 5.41 Å². The summed E-state index contributed by atoms with van der Waals surface area (Å²) in [5, 5.41) is 27.2. The molecule has 3 aromatic carbocycles. The second kappa shape index (κ2) is 18.1. The van der Waals surface area contributed by atoms with Crippen LogP contribution in [0.1, 0.15) is 111 Å². The summed E-state index contributed by atoms with van der Waals surface area (Å²) in [7, 11) is 3.11. The summed E-state index contributed by atoms with van der Waals surface area (Å²) in [6.45, 7) is 7.91. The fourth-order valence-corrected chi connectivity index (χ4v) is 9.08. The molecule has 0 radical (unpaired) electrons. The average molecular weight is 851 g/mol. The van der Waals surface area contributed by atoms with Crippen LogP contribution >= 0.6 is 11.6 Å². The third-order valence-corrected chi connectivity index (χ3v) is 12.6. The van der Waals surface area contributed by atoms with E-state index in [4.69, 9.17) is 25.5 Å². The van der Waals surface area contributed by atoms with Crippen molar-refractivity contribution >= 4 is 23.4 Å². The van der Waals surface area contributed by atoms with Gasteiger partial charge in [0.25, 0.3) is 0 Å². The predicted molar refractivity (Wildman–Crippen MR) is 225 cm³/mol. The predicted octanol–water partition coefficient (Wildman–Crippen LogP) is 10.5. The molecule has 1 heterocycles. The first-order valence-corrected chi connectivity index (χ1v) is 20.7. The second-order valence-electron chi connectivity index (χ2n) is 16.8. The van der Waals surface area contributed by atoms with Gasteiger partial charge in [-0.1, -0.05) is 42.3 Å². The van der Waals surface area contributed by atoms with Crippen LogP contribution in [0.25, 0.3) is 11.3 Å². The maximum atomic E-state index is 14.7. The number of nitrogens with one attached hydrogen (secondary N) is 1. The number of halogens is 4. The van der Waals surface area contributed by atoms with E-state index in [2.05, 4.69) is 11.4 Å². The van der Waals surface area contributed by atoms with E-state index in [9.17, 15) is 33.0 Å². The summed E-state index contributed by atoms with van der Waals surface area (Å²) in [5.74, 6) is 0.147. The minimum atomic E-state index is -4.62. The fraction of sp³-hybridized carbons (Fsp3) is 0.447. The van der Waals surface area contributed by atoms with Crippen molar-refractivity contribution in [3.8, 4) is 22.8 Å². The van der Waals surface area contributed by atoms with Crippen molar-refractivity contribution in [3.05, 3.63) is 117 Å². The van der Waals surface area contributed by atoms with Crippen LogP contribution in [0.15, 0.2) is 82.8 Å². The molecule has 1 fully saturated rings. The summed E-state index contributed by atoms with van der Waals surface area (Å²) in [6.07, 6.45) is 0.212. The monoisotopic (exact) mass is 850 g/mol. The highest BCUT2D eigenvalue weighted by molar-refractivity contribution is 6.33. The molecule has 3 aliphatic carbocycles. The number of aliphatic hydroxyl groups is 2. The number of hydrogen-bond acceptors (Lipinski definition) is 7. The van der Waals surface area contributed by atoms with E-state index in [1.165, 1.54) is 12.1 Å². The van der Waals surface area contributed by atoms with Gasteiger partial charge in [0.1, 0.15) is 17.3 Å². The molecular formula is C47H54ClF3N2O7. The maximum absolute atomic E-state index is 14.7. The van der Waals surface area contributed by atoms with E-state index >= 15 is 0 Å². The Morgan fingerprint density at radius 3 is 2.48 bits per heavy atom. The highest BCUT2D eigenvalue weighted by Crippen LogP contribution is 2.59. The molecule has 4 aromatic rings. The van der Waals surface area contributed by atoms with Crippen LogP contribution in [0.3, 0.4) is 0 Å². The molecule has 1 saturated carbocycles. The van der Waals surface area contributed by atoms with Crippen LogP contribution in [0.4, 0.5) is 18.0 Å². The zero-order valence-electron chi connectivity index (χ0n) is 34.9. The molecule has 7 rings (SSSR count). The number of benzene rings is 3. The topological polar surface area (TPSA) is 121 Å². The molecule has 4 atom stereocenters. The number of fused-ring (bicyclic) bond motifs is 8. The number of furan rings is 1. The molecular weight excluding hydrogens is 797 g/mol. The Kier molecular flexibility index (Phi) is 13.5. The Hall–Kier alpha value is -4.78. The Morgan fingerprint density at radius 1 is 1.02 bits per heavy atom. The SMILES string of the molecule is COc1ccc(CN(C[C@]2(O)CC[C@H]3c4ccc(cc4C(=O)c4ccc(-c5cc(C(F)(F)F)ccc5Cl)o4)C[C@@H](O)CCC(C)=CCC[C@@]32C)C(=O)NC(C)C)c(OC)c1. The van der Waals surface area contributed by atoms with Crippen molar-refractivity contribution in [1.29, 1.82) is 0 Å². The largest absolute Gasteiger partial charge is 0.497 e. The lowest BCUT2D eigenvalue weighted by atomic mass is 9.64. The molecule has 0 spiro atoms. The van der Waals surface area contributed by atoms with Crippen LogP contribution < -0.4 is 14.8 Å². The number of urea groups is 1. The van der Waals surface area contributed by atoms with E-state index in [1.54, 1.807) is 37.3 Å². The summed E-state index contributed by atoms with van der Waals surface area (Å²) in [6, 6.07) is 16.2. The van der Waals surface area contributed by atoms with E-state index in [-0.39, 0.29) is 59.6 Å². The number of carbonyl (C=O) groups is 2. The number of nitrogens with zero attached hydrogens (tertiary/aromatic N) is 1. The minimum absolute atomic E-state index is 0.000196. The van der Waals surface area contributed by atoms with Crippen molar-refractivity contribution in [1.82, 2.24) is 10.2 Å². The van der Waals surface area contributed by atoms with Gasteiger partial charge in [0.2, 0.25) is 5.78 Å². The quantitative estimate of drug-likeness (QED) is 0.107. The number of ketones is 1. The molecule has 0 saturated heterocycles. The van der Waals surface area contributed by atoms with E-state index in [0.29, 0.717) is 61.2 Å². The molecule has 2 bridgehead atoms. The zero-order chi connectivity index (χ0) is 43.6. The highest BCUT2D eigenvalue weighted by Gasteiger charge is 2.58. The van der Waals surface area contributed by atoms with Crippen molar-refractivity contribution in [3.63, 3.8) is 0 Å². The molecule has 3 aliphatic rings. The standard InChI is InChI=1S/C47H54ClF3N2O7/c1-28(2)52-44(56)53(26-31-11-14-34(58-5)25-42(31)59-6)27-46(57)21-19-38-35-15-10-30(22-33(54)13-9-29(3)8-7-20-45(38,46)4)23-36(35)43(55)41-18-17-40(60-41)37-24-32(47(49,50)51)12-16-39(37)48/h8,10-12,14-18,23-25,28,33,38,54,57H,7,9,13,19-22,26-27H2,1-6H3,(H,52,56)/t33-,38-,45-,46+/m0/s1. The van der Waals surface area contributed by atoms with Crippen molar-refractivity contribution in [2.24, 2.45) is 5.41 Å². The Bertz CT molecular complexity index is 2240. The lowest BCUT2D eigenvalue weighted by Gasteiger charge is -2.46. The molecule has 3 N–H and O–H groups in total. The van der Waals surface area contributed by atoms with Crippen molar-refractivity contribution in [2.75, 3.05) is 20.8 Å². The van der Waals surface area contributed by atoms with Crippen molar-refractivity contribution in [2.45, 2.75) is 109 Å². The second-order valence-corrected chi connectivity index (χ2v) is 17.2. The number of rotatable bonds is 10. The van der Waals surface area contributed by atoms with Gasteiger partial charge in [-0.05, 0) is 131 Å². The minimum Gasteiger partial charge on any atom is -0.497 e. The number of methoxy groups -OCH3 is 2. The van der Waals surface area contributed by atoms with Gasteiger partial charge in [-0.25, -0.2) is 4.79 Å². The lowest BCUT2D eigenvalue weighted by molar-refractivity contribution is -0.137. The van der Waals surface area contributed by atoms with E-state index in [0.717, 1.165) is 34.9 Å². The van der Waals surface area contributed by atoms with Gasteiger partial charge in [-0.2, -0.15) is 13.2 Å². The summed E-state index contributed by atoms with van der Waals surface area (Å²) in [5.41, 5.74) is 0.304. The molecule has 2 amide bonds. The number of ether oxygens (including phenoxy) is 2. The molecule has 1 aromatic heterocycles. The molecule has 322 valence electrons. The van der Waals surface area contributed by atoms with Crippen LogP contribution in [-0.4, -0.2) is 65.4 Å². The molecule has 0 aliphatic heterocycles. The smallest absolute Gasteiger partial charge is 0.416 e. The highest BCUT2D eigenvalue weighted by atomic mass is 35.5. The number of aliphatic hydroxyl groups excluding tert-OH is 1. The van der Waals surface area contributed by atoms with Gasteiger partial charge >= 0.3 is 12.2 Å². The van der Waals surface area contributed by atoms with Crippen LogP contribution in [0.2, 0.25) is 5.02 Å². The molecule has 0 unspecified atom stereocenters. The van der Waals surface area contributed by atoms with Gasteiger partial charge < -0.3 is 34.3 Å². The number of amides is 2. The summed E-state index contributed by atoms with van der Waals surface area (Å²) >= 11 is 6.34. The van der Waals surface area contributed by atoms with Gasteiger partial charge in [0.05, 0.1) is 49.6 Å². The molecule has 9 nitrogen and oxygen atoms in total. The van der Waals surface area contributed by atoms with E-state index in [1.807, 2.05) is 45.9 Å². The summed E-state index contributed by atoms with van der Waals surface area (Å²) in [4.78, 5) is 30.3. The first-order valence-electron chi connectivity index (χ1n) is 20.3. The normalized spacial score (nSPS) is 22.2. The molecule has 13 heteroatoms. The molecule has 60 heavy (non-hydrogen) atoms. The van der Waals surface area contributed by atoms with Crippen LogP contribution in [0.5, 0.6) is 11.5 Å². The number of carbonyl (C=O) groups excluding carboxylic acids is 2. The Labute approximate surface area is 354 Å². The Balaban J connectivity index is 1.43. The number of hydrogen-bond donors (Lipinski definition) is 3. The van der Waals surface area contributed by atoms with Crippen molar-refractivity contribution < 1.29 is 46.9 Å². The summed E-state index contributed by atoms with van der Waals surface area (Å²) < 4.78 is 58.0. The maximum Gasteiger partial charge on any atom is 0.416 e. The average Bonchev–Trinajstić information content (AvgIpc) is 3.78. The van der Waals surface area contributed by atoms with Gasteiger partial charge in [-0.3, -0.25) is 4.79 Å². The van der Waals surface area contributed by atoms with E-state index < -0.39 is 34.6 Å². The first-order chi connectivity index (χ1) is 28.3. The fourth-order valence-electron chi connectivity index (χ4n) is 8.87. The third-order valence-electron chi connectivity index (χ3n) is 12.3. The Morgan fingerprint density at radius 2 is 1.78 bits per heavy atom. The zero-order valence-corrected chi connectivity index (χ0v) is 35.7. The first kappa shape index (κ1) is 44.8. The van der Waals surface area contributed by atoms with Gasteiger partial charge in [-0.15, -0.1) is 0 Å². The number of alkyl halides is 3.